The van der Waals surface area contributed by atoms with Gasteiger partial charge in [-0.25, -0.2) is 0 Å². The van der Waals surface area contributed by atoms with Crippen molar-refractivity contribution in [1.29, 1.82) is 0 Å². The topological polar surface area (TPSA) is 101 Å². The molecule has 2 N–H and O–H groups in total. The van der Waals surface area contributed by atoms with Gasteiger partial charge in [0.2, 0.25) is 17.7 Å². The first-order valence-corrected chi connectivity index (χ1v) is 17.1. The lowest BCUT2D eigenvalue weighted by atomic mass is 9.81. The quantitative estimate of drug-likeness (QED) is 0.251. The van der Waals surface area contributed by atoms with Gasteiger partial charge in [0.15, 0.2) is 0 Å². The summed E-state index contributed by atoms with van der Waals surface area (Å²) < 4.78 is 0. The Morgan fingerprint density at radius 1 is 0.864 bits per heavy atom. The Morgan fingerprint density at radius 3 is 2.07 bits per heavy atom. The van der Waals surface area contributed by atoms with Crippen LogP contribution in [-0.2, 0) is 20.9 Å². The Labute approximate surface area is 268 Å². The van der Waals surface area contributed by atoms with Crippen LogP contribution in [-0.4, -0.2) is 81.5 Å². The van der Waals surface area contributed by atoms with Crippen molar-refractivity contribution < 1.29 is 24.6 Å². The number of hydrogen-bond acceptors (Lipinski definition) is 6. The van der Waals surface area contributed by atoms with Crippen LogP contribution < -0.4 is 0 Å². The van der Waals surface area contributed by atoms with Crippen molar-refractivity contribution in [3.8, 4) is 0 Å². The van der Waals surface area contributed by atoms with Gasteiger partial charge in [-0.05, 0) is 48.6 Å². The van der Waals surface area contributed by atoms with E-state index in [0.717, 1.165) is 36.1 Å². The monoisotopic (exact) mass is 627 g/mol. The number of thiophene rings is 1. The summed E-state index contributed by atoms with van der Waals surface area (Å²) in [5.41, 5.74) is 0.910. The maximum atomic E-state index is 14.1. The zero-order valence-corrected chi connectivity index (χ0v) is 28.0. The minimum Gasteiger partial charge on any atom is -0.390 e. The van der Waals surface area contributed by atoms with Crippen molar-refractivity contribution >= 4 is 29.1 Å². The summed E-state index contributed by atoms with van der Waals surface area (Å²) in [6.45, 7) is 6.15. The molecule has 44 heavy (non-hydrogen) atoms. The number of carbonyl (C=O) groups excluding carboxylic acids is 3. The van der Waals surface area contributed by atoms with Crippen LogP contribution in [0.5, 0.6) is 0 Å². The summed E-state index contributed by atoms with van der Waals surface area (Å²) in [6, 6.07) is 12.6. The molecule has 8 nitrogen and oxygen atoms in total. The average molecular weight is 628 g/mol. The maximum absolute atomic E-state index is 14.1. The van der Waals surface area contributed by atoms with E-state index in [2.05, 4.69) is 0 Å². The highest BCUT2D eigenvalue weighted by Gasteiger charge is 2.37. The van der Waals surface area contributed by atoms with Crippen LogP contribution in [0.25, 0.3) is 0 Å². The van der Waals surface area contributed by atoms with Gasteiger partial charge in [0.1, 0.15) is 12.6 Å². The van der Waals surface area contributed by atoms with Gasteiger partial charge in [-0.3, -0.25) is 14.4 Å². The summed E-state index contributed by atoms with van der Waals surface area (Å²) in [5.74, 6) is -0.132. The molecule has 1 aliphatic rings. The van der Waals surface area contributed by atoms with E-state index in [1.165, 1.54) is 11.3 Å². The minimum atomic E-state index is -1.09. The molecular formula is C35H53N3O5S. The summed E-state index contributed by atoms with van der Waals surface area (Å²) in [4.78, 5) is 46.2. The van der Waals surface area contributed by atoms with Gasteiger partial charge >= 0.3 is 0 Å². The van der Waals surface area contributed by atoms with Crippen LogP contribution in [0.4, 0.5) is 0 Å². The fourth-order valence-corrected chi connectivity index (χ4v) is 6.90. The number of likely N-dealkylation sites (N-methyl/N-ethyl adjacent to an activating group) is 1. The van der Waals surface area contributed by atoms with Gasteiger partial charge in [-0.15, -0.1) is 11.3 Å². The van der Waals surface area contributed by atoms with E-state index in [1.54, 1.807) is 35.2 Å². The molecular weight excluding hydrogens is 574 g/mol. The predicted octanol–water partition coefficient (Wildman–Crippen LogP) is 5.64. The first-order valence-electron chi connectivity index (χ1n) is 16.2. The van der Waals surface area contributed by atoms with Crippen LogP contribution in [0.1, 0.15) is 95.0 Å². The molecule has 1 aromatic heterocycles. The lowest BCUT2D eigenvalue weighted by molar-refractivity contribution is -0.145. The zero-order valence-electron chi connectivity index (χ0n) is 27.2. The molecule has 3 amide bonds. The molecule has 0 unspecified atom stereocenters. The molecule has 0 aliphatic heterocycles. The molecule has 1 aromatic carbocycles. The van der Waals surface area contributed by atoms with Gasteiger partial charge in [0, 0.05) is 31.8 Å². The fourth-order valence-electron chi connectivity index (χ4n) is 6.20. The van der Waals surface area contributed by atoms with Crippen molar-refractivity contribution in [3.63, 3.8) is 0 Å². The number of nitrogens with zero attached hydrogens (tertiary/aromatic N) is 3. The SMILES string of the molecule is CC(C)C[C@H](O)[C@H](O)[C@H](CC1CCCCC1)N(Cc1cccs1)C(=O)CCC(=O)N(CC(=O)N(C)C)[C@@H](C)c1ccccc1. The largest absolute Gasteiger partial charge is 0.390 e. The van der Waals surface area contributed by atoms with E-state index in [-0.39, 0.29) is 49.1 Å². The Balaban J connectivity index is 1.85. The first kappa shape index (κ1) is 35.7. The average Bonchev–Trinajstić information content (AvgIpc) is 3.53. The highest BCUT2D eigenvalue weighted by Crippen LogP contribution is 2.32. The summed E-state index contributed by atoms with van der Waals surface area (Å²) in [7, 11) is 3.32. The summed E-state index contributed by atoms with van der Waals surface area (Å²) in [6.07, 6.45) is 4.48. The third-order valence-electron chi connectivity index (χ3n) is 8.85. The van der Waals surface area contributed by atoms with E-state index in [4.69, 9.17) is 0 Å². The second kappa shape index (κ2) is 17.7. The molecule has 9 heteroatoms. The van der Waals surface area contributed by atoms with Gasteiger partial charge in [0.05, 0.1) is 24.7 Å². The zero-order chi connectivity index (χ0) is 32.2. The molecule has 0 bridgehead atoms. The van der Waals surface area contributed by atoms with Crippen LogP contribution in [0.2, 0.25) is 0 Å². The highest BCUT2D eigenvalue weighted by molar-refractivity contribution is 7.09. The van der Waals surface area contributed by atoms with Gasteiger partial charge in [-0.2, -0.15) is 0 Å². The molecule has 1 heterocycles. The number of aliphatic hydroxyl groups is 2. The van der Waals surface area contributed by atoms with Crippen molar-refractivity contribution in [2.45, 2.75) is 109 Å². The standard InChI is InChI=1S/C35H53N3O5S/c1-25(2)21-31(39)35(43)30(22-27-13-8-6-9-14-27)38(23-29-17-12-20-44-29)33(41)19-18-32(40)37(24-34(42)36(4)5)26(3)28-15-10-7-11-16-28/h7,10-12,15-17,20,25-27,30-31,35,39,43H,6,8-9,13-14,18-19,21-24H2,1-5H3/t26-,30-,31-,35+/m0/s1. The molecule has 1 fully saturated rings. The molecule has 244 valence electrons. The van der Waals surface area contributed by atoms with E-state index in [9.17, 15) is 24.6 Å². The van der Waals surface area contributed by atoms with Crippen molar-refractivity contribution in [3.05, 3.63) is 58.3 Å². The number of benzene rings is 1. The first-order chi connectivity index (χ1) is 21.0. The Bertz CT molecular complexity index is 1150. The van der Waals surface area contributed by atoms with E-state index in [0.29, 0.717) is 25.3 Å². The van der Waals surface area contributed by atoms with E-state index in [1.807, 2.05) is 68.6 Å². The molecule has 0 saturated heterocycles. The Hall–Kier alpha value is -2.75. The molecule has 1 aliphatic carbocycles. The number of amides is 3. The Kier molecular flexibility index (Phi) is 14.3. The lowest BCUT2D eigenvalue weighted by Crippen LogP contribution is -2.52. The lowest BCUT2D eigenvalue weighted by Gasteiger charge is -2.39. The number of carbonyl (C=O) groups is 3. The second-order valence-electron chi connectivity index (χ2n) is 13.0. The fraction of sp³-hybridized carbons (Fsp3) is 0.629. The minimum absolute atomic E-state index is 0.0491. The normalized spacial score (nSPS) is 16.6. The van der Waals surface area contributed by atoms with Crippen LogP contribution in [0, 0.1) is 11.8 Å². The van der Waals surface area contributed by atoms with Gasteiger partial charge in [-0.1, -0.05) is 82.3 Å². The summed E-state index contributed by atoms with van der Waals surface area (Å²) >= 11 is 1.55. The predicted molar refractivity (Wildman–Crippen MR) is 176 cm³/mol. The van der Waals surface area contributed by atoms with E-state index < -0.39 is 18.2 Å². The number of hydrogen-bond donors (Lipinski definition) is 2. The molecule has 3 rings (SSSR count). The van der Waals surface area contributed by atoms with Crippen molar-refractivity contribution in [2.75, 3.05) is 20.6 Å². The number of aliphatic hydroxyl groups excluding tert-OH is 2. The van der Waals surface area contributed by atoms with Crippen molar-refractivity contribution in [2.24, 2.45) is 11.8 Å². The molecule has 4 atom stereocenters. The van der Waals surface area contributed by atoms with Crippen molar-refractivity contribution in [1.82, 2.24) is 14.7 Å². The molecule has 2 aromatic rings. The van der Waals surface area contributed by atoms with Crippen LogP contribution in [0.3, 0.4) is 0 Å². The highest BCUT2D eigenvalue weighted by atomic mass is 32.1. The van der Waals surface area contributed by atoms with Crippen LogP contribution >= 0.6 is 11.3 Å². The van der Waals surface area contributed by atoms with Crippen LogP contribution in [0.15, 0.2) is 47.8 Å². The van der Waals surface area contributed by atoms with Gasteiger partial charge < -0.3 is 24.9 Å². The smallest absolute Gasteiger partial charge is 0.241 e. The molecule has 1 saturated carbocycles. The second-order valence-corrected chi connectivity index (χ2v) is 14.0. The molecule has 0 radical (unpaired) electrons. The number of rotatable bonds is 16. The third-order valence-corrected chi connectivity index (χ3v) is 9.72. The van der Waals surface area contributed by atoms with E-state index >= 15 is 0 Å². The molecule has 0 spiro atoms. The third kappa shape index (κ3) is 10.7. The summed E-state index contributed by atoms with van der Waals surface area (Å²) in [5, 5.41) is 24.6. The maximum Gasteiger partial charge on any atom is 0.241 e. The van der Waals surface area contributed by atoms with Gasteiger partial charge in [0.25, 0.3) is 0 Å². The Morgan fingerprint density at radius 2 is 1.50 bits per heavy atom.